The second-order valence-electron chi connectivity index (χ2n) is 7.19. The Bertz CT molecular complexity index is 808. The monoisotopic (exact) mass is 385 g/mol. The molecule has 0 radical (unpaired) electrons. The van der Waals surface area contributed by atoms with Crippen LogP contribution in [0.25, 0.3) is 0 Å². The molecule has 1 saturated heterocycles. The van der Waals surface area contributed by atoms with Gasteiger partial charge in [0.1, 0.15) is 11.9 Å². The lowest BCUT2D eigenvalue weighted by Gasteiger charge is -2.25. The number of halogens is 1. The van der Waals surface area contributed by atoms with E-state index in [4.69, 9.17) is 11.6 Å². The van der Waals surface area contributed by atoms with Crippen molar-refractivity contribution in [3.8, 4) is 0 Å². The molecule has 4 rings (SSSR count). The van der Waals surface area contributed by atoms with Gasteiger partial charge in [-0.05, 0) is 43.9 Å². The minimum atomic E-state index is -0.193. The fraction of sp³-hybridized carbons (Fsp3) is 0.450. The van der Waals surface area contributed by atoms with Crippen LogP contribution in [-0.4, -0.2) is 34.5 Å². The van der Waals surface area contributed by atoms with Crippen LogP contribution < -0.4 is 15.5 Å². The third kappa shape index (κ3) is 4.16. The summed E-state index contributed by atoms with van der Waals surface area (Å²) in [5.41, 5.74) is 0.792. The second-order valence-corrected chi connectivity index (χ2v) is 7.60. The Hall–Kier alpha value is -2.34. The molecule has 27 heavy (non-hydrogen) atoms. The fourth-order valence-electron chi connectivity index (χ4n) is 3.90. The normalized spacial score (nSPS) is 20.0. The fourth-order valence-corrected chi connectivity index (χ4v) is 4.09. The molecular weight excluding hydrogens is 362 g/mol. The van der Waals surface area contributed by atoms with E-state index < -0.39 is 0 Å². The highest BCUT2D eigenvalue weighted by Gasteiger charge is 2.33. The predicted octanol–water partition coefficient (Wildman–Crippen LogP) is 3.90. The number of hydrogen-bond acceptors (Lipinski definition) is 5. The number of hydrogen-bond donors (Lipinski definition) is 2. The average molecular weight is 386 g/mol. The molecule has 2 fully saturated rings. The molecule has 142 valence electrons. The molecule has 1 aromatic carbocycles. The Kier molecular flexibility index (Phi) is 5.43. The van der Waals surface area contributed by atoms with Crippen LogP contribution in [0.5, 0.6) is 0 Å². The number of carbonyl (C=O) groups excluding carboxylic acids is 1. The van der Waals surface area contributed by atoms with E-state index in [-0.39, 0.29) is 11.9 Å². The first-order chi connectivity index (χ1) is 13.2. The number of para-hydroxylation sites is 1. The van der Waals surface area contributed by atoms with E-state index in [1.54, 1.807) is 12.3 Å². The molecule has 1 aliphatic heterocycles. The molecule has 0 spiro atoms. The Balaban J connectivity index is 1.48. The van der Waals surface area contributed by atoms with Gasteiger partial charge in [-0.3, -0.25) is 4.79 Å². The molecule has 1 saturated carbocycles. The van der Waals surface area contributed by atoms with Crippen molar-refractivity contribution >= 4 is 35.0 Å². The van der Waals surface area contributed by atoms with E-state index in [0.29, 0.717) is 22.8 Å². The Labute approximate surface area is 164 Å². The van der Waals surface area contributed by atoms with Crippen LogP contribution in [0.4, 0.5) is 17.5 Å². The van der Waals surface area contributed by atoms with Gasteiger partial charge in [0.25, 0.3) is 0 Å². The highest BCUT2D eigenvalue weighted by atomic mass is 35.5. The van der Waals surface area contributed by atoms with Gasteiger partial charge in [-0.15, -0.1) is 0 Å². The van der Waals surface area contributed by atoms with Gasteiger partial charge >= 0.3 is 0 Å². The van der Waals surface area contributed by atoms with Crippen molar-refractivity contribution in [1.82, 2.24) is 15.3 Å². The quantitative estimate of drug-likeness (QED) is 0.816. The third-order valence-corrected chi connectivity index (χ3v) is 5.62. The number of aromatic nitrogens is 2. The zero-order valence-electron chi connectivity index (χ0n) is 15.2. The average Bonchev–Trinajstić information content (AvgIpc) is 3.35. The Morgan fingerprint density at radius 2 is 1.93 bits per heavy atom. The molecule has 2 N–H and O–H groups in total. The molecule has 0 unspecified atom stereocenters. The van der Waals surface area contributed by atoms with E-state index in [0.717, 1.165) is 37.9 Å². The minimum absolute atomic E-state index is 0.104. The Morgan fingerprint density at radius 1 is 1.11 bits per heavy atom. The van der Waals surface area contributed by atoms with Crippen molar-refractivity contribution in [2.75, 3.05) is 16.8 Å². The van der Waals surface area contributed by atoms with Crippen molar-refractivity contribution in [3.05, 3.63) is 41.6 Å². The highest BCUT2D eigenvalue weighted by Crippen LogP contribution is 2.27. The predicted molar refractivity (Wildman–Crippen MR) is 108 cm³/mol. The number of benzene rings is 1. The maximum absolute atomic E-state index is 12.8. The van der Waals surface area contributed by atoms with E-state index >= 15 is 0 Å². The summed E-state index contributed by atoms with van der Waals surface area (Å²) in [6, 6.07) is 9.47. The van der Waals surface area contributed by atoms with E-state index in [2.05, 4.69) is 20.6 Å². The van der Waals surface area contributed by atoms with Gasteiger partial charge < -0.3 is 15.5 Å². The number of nitrogens with one attached hydrogen (secondary N) is 2. The first-order valence-corrected chi connectivity index (χ1v) is 10.00. The largest absolute Gasteiger partial charge is 0.352 e. The van der Waals surface area contributed by atoms with Crippen LogP contribution in [-0.2, 0) is 4.79 Å². The van der Waals surface area contributed by atoms with Crippen LogP contribution in [0.15, 0.2) is 36.5 Å². The first kappa shape index (κ1) is 18.0. The molecule has 6 nitrogen and oxygen atoms in total. The van der Waals surface area contributed by atoms with Crippen LogP contribution in [0, 0.1) is 0 Å². The van der Waals surface area contributed by atoms with Gasteiger partial charge in [0.2, 0.25) is 11.9 Å². The number of rotatable bonds is 5. The maximum Gasteiger partial charge on any atom is 0.243 e. The molecule has 2 aromatic rings. The number of amides is 1. The summed E-state index contributed by atoms with van der Waals surface area (Å²) in [4.78, 5) is 23.8. The van der Waals surface area contributed by atoms with Crippen LogP contribution in [0.2, 0.25) is 5.02 Å². The number of carbonyl (C=O) groups is 1. The molecule has 1 atom stereocenters. The summed E-state index contributed by atoms with van der Waals surface area (Å²) in [7, 11) is 0. The van der Waals surface area contributed by atoms with Crippen LogP contribution >= 0.6 is 11.6 Å². The SMILES string of the molecule is O=C(NC1CCCC1)[C@@H]1CCCN1c1nccc(Nc2ccccc2Cl)n1. The van der Waals surface area contributed by atoms with Gasteiger partial charge in [0.05, 0.1) is 10.7 Å². The minimum Gasteiger partial charge on any atom is -0.352 e. The zero-order valence-corrected chi connectivity index (χ0v) is 16.0. The van der Waals surface area contributed by atoms with Gasteiger partial charge in [-0.1, -0.05) is 36.6 Å². The summed E-state index contributed by atoms with van der Waals surface area (Å²) >= 11 is 6.22. The van der Waals surface area contributed by atoms with Gasteiger partial charge in [-0.2, -0.15) is 4.98 Å². The first-order valence-electron chi connectivity index (χ1n) is 9.62. The maximum atomic E-state index is 12.8. The van der Waals surface area contributed by atoms with Crippen molar-refractivity contribution in [2.45, 2.75) is 50.6 Å². The van der Waals surface area contributed by atoms with E-state index in [1.807, 2.05) is 29.2 Å². The Morgan fingerprint density at radius 3 is 2.74 bits per heavy atom. The van der Waals surface area contributed by atoms with Gasteiger partial charge in [0.15, 0.2) is 0 Å². The van der Waals surface area contributed by atoms with Crippen molar-refractivity contribution < 1.29 is 4.79 Å². The molecule has 2 heterocycles. The van der Waals surface area contributed by atoms with Crippen molar-refractivity contribution in [1.29, 1.82) is 0 Å². The molecule has 1 amide bonds. The van der Waals surface area contributed by atoms with Gasteiger partial charge in [0, 0.05) is 18.8 Å². The van der Waals surface area contributed by atoms with Crippen molar-refractivity contribution in [3.63, 3.8) is 0 Å². The zero-order chi connectivity index (χ0) is 18.6. The summed E-state index contributed by atoms with van der Waals surface area (Å²) < 4.78 is 0. The molecule has 7 heteroatoms. The summed E-state index contributed by atoms with van der Waals surface area (Å²) in [6.45, 7) is 0.790. The summed E-state index contributed by atoms with van der Waals surface area (Å²) in [6.07, 6.45) is 8.11. The number of anilines is 3. The number of nitrogens with zero attached hydrogens (tertiary/aromatic N) is 3. The van der Waals surface area contributed by atoms with Crippen LogP contribution in [0.3, 0.4) is 0 Å². The summed E-state index contributed by atoms with van der Waals surface area (Å²) in [5, 5.41) is 7.07. The van der Waals surface area contributed by atoms with Crippen molar-refractivity contribution in [2.24, 2.45) is 0 Å². The molecule has 1 aromatic heterocycles. The standard InChI is InChI=1S/C20H24ClN5O/c21-15-8-3-4-9-16(15)24-18-11-12-22-20(25-18)26-13-5-10-17(26)19(27)23-14-6-1-2-7-14/h3-4,8-9,11-12,14,17H,1-2,5-7,10,13H2,(H,23,27)(H,22,24,25)/t17-/m0/s1. The molecule has 2 aliphatic rings. The highest BCUT2D eigenvalue weighted by molar-refractivity contribution is 6.33. The molecular formula is C20H24ClN5O. The lowest BCUT2D eigenvalue weighted by atomic mass is 10.1. The molecule has 1 aliphatic carbocycles. The lowest BCUT2D eigenvalue weighted by Crippen LogP contribution is -2.47. The van der Waals surface area contributed by atoms with E-state index in [1.165, 1.54) is 12.8 Å². The molecule has 0 bridgehead atoms. The van der Waals surface area contributed by atoms with E-state index in [9.17, 15) is 4.79 Å². The van der Waals surface area contributed by atoms with Gasteiger partial charge in [-0.25, -0.2) is 4.98 Å². The smallest absolute Gasteiger partial charge is 0.243 e. The second kappa shape index (κ2) is 8.13. The lowest BCUT2D eigenvalue weighted by molar-refractivity contribution is -0.122. The topological polar surface area (TPSA) is 70.2 Å². The summed E-state index contributed by atoms with van der Waals surface area (Å²) in [5.74, 6) is 1.35. The van der Waals surface area contributed by atoms with Crippen LogP contribution in [0.1, 0.15) is 38.5 Å². The third-order valence-electron chi connectivity index (χ3n) is 5.29.